The van der Waals surface area contributed by atoms with Gasteiger partial charge in [-0.15, -0.1) is 0 Å². The lowest BCUT2D eigenvalue weighted by Crippen LogP contribution is -2.32. The molecule has 3 aromatic rings. The number of nitrogens with zero attached hydrogens (tertiary/aromatic N) is 1. The van der Waals surface area contributed by atoms with Gasteiger partial charge in [0.2, 0.25) is 11.8 Å². The Kier molecular flexibility index (Phi) is 5.19. The van der Waals surface area contributed by atoms with Crippen molar-refractivity contribution in [2.75, 3.05) is 5.32 Å². The van der Waals surface area contributed by atoms with Crippen LogP contribution in [0.3, 0.4) is 0 Å². The van der Waals surface area contributed by atoms with E-state index in [9.17, 15) is 14.0 Å². The second kappa shape index (κ2) is 7.79. The van der Waals surface area contributed by atoms with Gasteiger partial charge in [-0.3, -0.25) is 14.7 Å². The zero-order chi connectivity index (χ0) is 20.5. The van der Waals surface area contributed by atoms with E-state index < -0.39 is 5.82 Å². The van der Waals surface area contributed by atoms with E-state index in [1.807, 2.05) is 24.3 Å². The highest BCUT2D eigenvalue weighted by atomic mass is 79.9. The summed E-state index contributed by atoms with van der Waals surface area (Å²) in [6.45, 7) is 1.78. The van der Waals surface area contributed by atoms with Gasteiger partial charge in [-0.25, -0.2) is 4.39 Å². The highest BCUT2D eigenvalue weighted by molar-refractivity contribution is 9.10. The maximum Gasteiger partial charge on any atom is 0.228 e. The third-order valence-electron chi connectivity index (χ3n) is 5.04. The van der Waals surface area contributed by atoms with E-state index in [4.69, 9.17) is 0 Å². The number of fused-ring (bicyclic) bond motifs is 1. The predicted octanol–water partition coefficient (Wildman–Crippen LogP) is 4.37. The summed E-state index contributed by atoms with van der Waals surface area (Å²) in [6.07, 6.45) is 1.88. The monoisotopic (exact) mass is 456 g/mol. The highest BCUT2D eigenvalue weighted by Gasteiger charge is 2.28. The number of anilines is 1. The molecule has 148 valence electrons. The first kappa shape index (κ1) is 19.3. The fourth-order valence-electron chi connectivity index (χ4n) is 3.61. The highest BCUT2D eigenvalue weighted by Crippen LogP contribution is 2.35. The molecule has 3 N–H and O–H groups in total. The zero-order valence-electron chi connectivity index (χ0n) is 15.6. The van der Waals surface area contributed by atoms with Gasteiger partial charge in [0.15, 0.2) is 0 Å². The molecule has 0 saturated heterocycles. The summed E-state index contributed by atoms with van der Waals surface area (Å²) in [5.41, 5.74) is 3.09. The molecule has 6 nitrogen and oxygen atoms in total. The SMILES string of the molecule is CC1=C(CC(=O)Nc2cc3cn[nH]c3cc2F)C(c2ccc(Br)cc2)CC(=O)N1. The third kappa shape index (κ3) is 4.07. The Morgan fingerprint density at radius 2 is 2.07 bits per heavy atom. The average molecular weight is 457 g/mol. The molecule has 4 rings (SSSR count). The number of rotatable bonds is 4. The van der Waals surface area contributed by atoms with Crippen LogP contribution in [-0.4, -0.2) is 22.0 Å². The number of aromatic nitrogens is 2. The summed E-state index contributed by atoms with van der Waals surface area (Å²) >= 11 is 3.41. The number of nitrogens with one attached hydrogen (secondary N) is 3. The Hall–Kier alpha value is -3.00. The number of hydrogen-bond donors (Lipinski definition) is 3. The lowest BCUT2D eigenvalue weighted by Gasteiger charge is -2.28. The molecule has 1 aromatic heterocycles. The standard InChI is InChI=1S/C21H18BrFN4O2/c1-11-15(16(8-20(28)25-11)12-2-4-14(22)5-3-12)7-21(29)26-19-6-13-10-24-27-18(13)9-17(19)23/h2-6,9-10,16H,7-8H2,1H3,(H,24,27)(H,25,28)(H,26,29). The van der Waals surface area contributed by atoms with Crippen molar-refractivity contribution in [3.8, 4) is 0 Å². The normalized spacial score (nSPS) is 16.8. The number of carbonyl (C=O) groups is 2. The quantitative estimate of drug-likeness (QED) is 0.544. The van der Waals surface area contributed by atoms with Crippen LogP contribution >= 0.6 is 15.9 Å². The molecule has 0 saturated carbocycles. The van der Waals surface area contributed by atoms with Gasteiger partial charge in [0, 0.05) is 34.0 Å². The lowest BCUT2D eigenvalue weighted by atomic mass is 9.83. The summed E-state index contributed by atoms with van der Waals surface area (Å²) in [5.74, 6) is -1.18. The van der Waals surface area contributed by atoms with Crippen molar-refractivity contribution in [1.82, 2.24) is 15.5 Å². The van der Waals surface area contributed by atoms with Gasteiger partial charge in [0.25, 0.3) is 0 Å². The maximum atomic E-state index is 14.3. The molecule has 29 heavy (non-hydrogen) atoms. The number of amides is 2. The number of benzene rings is 2. The van der Waals surface area contributed by atoms with Crippen LogP contribution in [0.4, 0.5) is 10.1 Å². The molecule has 2 amide bonds. The number of hydrogen-bond acceptors (Lipinski definition) is 3. The molecule has 2 heterocycles. The van der Waals surface area contributed by atoms with Crippen molar-refractivity contribution in [3.63, 3.8) is 0 Å². The van der Waals surface area contributed by atoms with Crippen LogP contribution < -0.4 is 10.6 Å². The van der Waals surface area contributed by atoms with Crippen molar-refractivity contribution in [3.05, 3.63) is 69.7 Å². The Morgan fingerprint density at radius 3 is 2.83 bits per heavy atom. The second-order valence-electron chi connectivity index (χ2n) is 7.02. The lowest BCUT2D eigenvalue weighted by molar-refractivity contribution is -0.121. The molecule has 2 aromatic carbocycles. The van der Waals surface area contributed by atoms with E-state index in [1.54, 1.807) is 19.2 Å². The Labute approximate surface area is 174 Å². The van der Waals surface area contributed by atoms with E-state index in [2.05, 4.69) is 36.8 Å². The van der Waals surface area contributed by atoms with Crippen molar-refractivity contribution < 1.29 is 14.0 Å². The Bertz CT molecular complexity index is 1140. The molecule has 1 aliphatic rings. The molecular formula is C21H18BrFN4O2. The van der Waals surface area contributed by atoms with E-state index in [-0.39, 0.29) is 36.3 Å². The van der Waals surface area contributed by atoms with E-state index >= 15 is 0 Å². The maximum absolute atomic E-state index is 14.3. The minimum atomic E-state index is -0.540. The predicted molar refractivity (Wildman–Crippen MR) is 112 cm³/mol. The topological polar surface area (TPSA) is 86.9 Å². The summed E-state index contributed by atoms with van der Waals surface area (Å²) in [7, 11) is 0. The third-order valence-corrected chi connectivity index (χ3v) is 5.57. The molecule has 8 heteroatoms. The summed E-state index contributed by atoms with van der Waals surface area (Å²) < 4.78 is 15.2. The van der Waals surface area contributed by atoms with Crippen LogP contribution in [0.1, 0.15) is 31.2 Å². The fraction of sp³-hybridized carbons (Fsp3) is 0.190. The zero-order valence-corrected chi connectivity index (χ0v) is 17.1. The number of aromatic amines is 1. The van der Waals surface area contributed by atoms with Gasteiger partial charge in [-0.05, 0) is 36.3 Å². The number of allylic oxidation sites excluding steroid dienone is 1. The van der Waals surface area contributed by atoms with Gasteiger partial charge in [-0.2, -0.15) is 5.10 Å². The smallest absolute Gasteiger partial charge is 0.228 e. The van der Waals surface area contributed by atoms with Crippen molar-refractivity contribution in [2.24, 2.45) is 0 Å². The van der Waals surface area contributed by atoms with Gasteiger partial charge in [0.1, 0.15) is 5.82 Å². The first-order valence-corrected chi connectivity index (χ1v) is 9.87. The van der Waals surface area contributed by atoms with E-state index in [1.165, 1.54) is 6.07 Å². The van der Waals surface area contributed by atoms with Crippen molar-refractivity contribution >= 4 is 44.3 Å². The van der Waals surface area contributed by atoms with Crippen LogP contribution in [-0.2, 0) is 9.59 Å². The molecule has 0 fully saturated rings. The number of halogens is 2. The fourth-order valence-corrected chi connectivity index (χ4v) is 3.87. The Morgan fingerprint density at radius 1 is 1.31 bits per heavy atom. The summed E-state index contributed by atoms with van der Waals surface area (Å²) in [4.78, 5) is 24.8. The molecule has 1 atom stereocenters. The van der Waals surface area contributed by atoms with Crippen LogP contribution in [0.2, 0.25) is 0 Å². The van der Waals surface area contributed by atoms with Gasteiger partial charge >= 0.3 is 0 Å². The molecular weight excluding hydrogens is 439 g/mol. The number of H-pyrrole nitrogens is 1. The molecule has 0 spiro atoms. The van der Waals surface area contributed by atoms with Crippen molar-refractivity contribution in [1.29, 1.82) is 0 Å². The first-order chi connectivity index (χ1) is 13.9. The van der Waals surface area contributed by atoms with Crippen LogP contribution in [0, 0.1) is 5.82 Å². The first-order valence-electron chi connectivity index (χ1n) is 9.08. The molecule has 0 bridgehead atoms. The van der Waals surface area contributed by atoms with E-state index in [0.29, 0.717) is 16.6 Å². The molecule has 0 aliphatic carbocycles. The largest absolute Gasteiger partial charge is 0.330 e. The minimum absolute atomic E-state index is 0.0513. The second-order valence-corrected chi connectivity index (χ2v) is 7.94. The van der Waals surface area contributed by atoms with Gasteiger partial charge in [-0.1, -0.05) is 28.1 Å². The van der Waals surface area contributed by atoms with Crippen molar-refractivity contribution in [2.45, 2.75) is 25.7 Å². The van der Waals surface area contributed by atoms with E-state index in [0.717, 1.165) is 15.6 Å². The van der Waals surface area contributed by atoms with Crippen LogP contribution in [0.25, 0.3) is 10.9 Å². The Balaban J connectivity index is 1.58. The summed E-state index contributed by atoms with van der Waals surface area (Å²) in [6, 6.07) is 10.5. The minimum Gasteiger partial charge on any atom is -0.330 e. The molecule has 1 aliphatic heterocycles. The van der Waals surface area contributed by atoms with Crippen LogP contribution in [0.5, 0.6) is 0 Å². The average Bonchev–Trinajstić information content (AvgIpc) is 3.12. The molecule has 0 radical (unpaired) electrons. The molecule has 1 unspecified atom stereocenters. The van der Waals surface area contributed by atoms with Gasteiger partial charge in [0.05, 0.1) is 23.8 Å². The van der Waals surface area contributed by atoms with Crippen LogP contribution in [0.15, 0.2) is 58.3 Å². The van der Waals surface area contributed by atoms with Gasteiger partial charge < -0.3 is 10.6 Å². The number of carbonyl (C=O) groups excluding carboxylic acids is 2. The summed E-state index contributed by atoms with van der Waals surface area (Å²) in [5, 5.41) is 12.7.